The Kier molecular flexibility index (Phi) is 4.55. The fraction of sp³-hybridized carbons (Fsp3) is 0.909. The van der Waals surface area contributed by atoms with Gasteiger partial charge < -0.3 is 9.69 Å². The molecule has 0 aromatic heterocycles. The summed E-state index contributed by atoms with van der Waals surface area (Å²) >= 11 is 0. The van der Waals surface area contributed by atoms with Gasteiger partial charge in [0.1, 0.15) is 6.29 Å². The summed E-state index contributed by atoms with van der Waals surface area (Å²) in [4.78, 5) is 15.2. The molecule has 1 rings (SSSR count). The van der Waals surface area contributed by atoms with E-state index in [9.17, 15) is 4.79 Å². The van der Waals surface area contributed by atoms with Crippen LogP contribution < -0.4 is 0 Å². The monoisotopic (exact) mass is 198 g/mol. The SMILES string of the molecule is CC(C)CC1CN(C)CCN1CC=O. The zero-order valence-corrected chi connectivity index (χ0v) is 9.57. The second kappa shape index (κ2) is 5.47. The third-order valence-corrected chi connectivity index (χ3v) is 2.86. The highest BCUT2D eigenvalue weighted by atomic mass is 16.1. The first kappa shape index (κ1) is 11.7. The van der Waals surface area contributed by atoms with Gasteiger partial charge in [-0.05, 0) is 19.4 Å². The van der Waals surface area contributed by atoms with Crippen molar-refractivity contribution in [1.29, 1.82) is 0 Å². The highest BCUT2D eigenvalue weighted by Gasteiger charge is 2.24. The van der Waals surface area contributed by atoms with E-state index in [-0.39, 0.29) is 0 Å². The highest BCUT2D eigenvalue weighted by Crippen LogP contribution is 2.15. The summed E-state index contributed by atoms with van der Waals surface area (Å²) in [6, 6.07) is 0.568. The minimum absolute atomic E-state index is 0.568. The second-order valence-electron chi connectivity index (χ2n) is 4.71. The molecule has 14 heavy (non-hydrogen) atoms. The summed E-state index contributed by atoms with van der Waals surface area (Å²) in [5.74, 6) is 0.709. The summed E-state index contributed by atoms with van der Waals surface area (Å²) in [5, 5.41) is 0. The Bertz CT molecular complexity index is 180. The lowest BCUT2D eigenvalue weighted by molar-refractivity contribution is -0.110. The fourth-order valence-corrected chi connectivity index (χ4v) is 2.15. The van der Waals surface area contributed by atoms with Gasteiger partial charge in [-0.15, -0.1) is 0 Å². The first-order valence-corrected chi connectivity index (χ1v) is 5.49. The van der Waals surface area contributed by atoms with Crippen LogP contribution in [0.4, 0.5) is 0 Å². The van der Waals surface area contributed by atoms with Crippen molar-refractivity contribution in [3.63, 3.8) is 0 Å². The molecule has 3 heteroatoms. The van der Waals surface area contributed by atoms with Crippen LogP contribution in [0, 0.1) is 5.92 Å². The van der Waals surface area contributed by atoms with Crippen molar-refractivity contribution in [1.82, 2.24) is 9.80 Å². The van der Waals surface area contributed by atoms with Crippen LogP contribution in [0.3, 0.4) is 0 Å². The van der Waals surface area contributed by atoms with E-state index >= 15 is 0 Å². The molecule has 0 aliphatic carbocycles. The van der Waals surface area contributed by atoms with Crippen molar-refractivity contribution in [2.24, 2.45) is 5.92 Å². The lowest BCUT2D eigenvalue weighted by atomic mass is 10.0. The van der Waals surface area contributed by atoms with Gasteiger partial charge in [0.15, 0.2) is 0 Å². The standard InChI is InChI=1S/C11H22N2O/c1-10(2)8-11-9-12(3)4-5-13(11)6-7-14/h7,10-11H,4-6,8-9H2,1-3H3. The molecular weight excluding hydrogens is 176 g/mol. The maximum absolute atomic E-state index is 10.5. The molecule has 0 aromatic rings. The largest absolute Gasteiger partial charge is 0.304 e. The quantitative estimate of drug-likeness (QED) is 0.626. The maximum atomic E-state index is 10.5. The zero-order valence-electron chi connectivity index (χ0n) is 9.57. The van der Waals surface area contributed by atoms with E-state index in [1.54, 1.807) is 0 Å². The van der Waals surface area contributed by atoms with Crippen LogP contribution in [-0.2, 0) is 4.79 Å². The van der Waals surface area contributed by atoms with Crippen molar-refractivity contribution in [2.45, 2.75) is 26.3 Å². The molecule has 1 atom stereocenters. The Balaban J connectivity index is 2.49. The molecule has 0 radical (unpaired) electrons. The van der Waals surface area contributed by atoms with Gasteiger partial charge in [0, 0.05) is 25.7 Å². The minimum atomic E-state index is 0.568. The van der Waals surface area contributed by atoms with Gasteiger partial charge in [-0.3, -0.25) is 4.90 Å². The van der Waals surface area contributed by atoms with Gasteiger partial charge in [0.2, 0.25) is 0 Å². The lowest BCUT2D eigenvalue weighted by Gasteiger charge is -2.39. The molecule has 1 aliphatic rings. The Hall–Kier alpha value is -0.410. The summed E-state index contributed by atoms with van der Waals surface area (Å²) in [5.41, 5.74) is 0. The molecule has 82 valence electrons. The first-order chi connectivity index (χ1) is 6.63. The average Bonchev–Trinajstić information content (AvgIpc) is 2.09. The summed E-state index contributed by atoms with van der Waals surface area (Å²) in [6.45, 7) is 8.31. The zero-order chi connectivity index (χ0) is 10.6. The fourth-order valence-electron chi connectivity index (χ4n) is 2.15. The lowest BCUT2D eigenvalue weighted by Crippen LogP contribution is -2.52. The molecule has 0 N–H and O–H groups in total. The van der Waals surface area contributed by atoms with E-state index in [2.05, 4.69) is 30.7 Å². The maximum Gasteiger partial charge on any atom is 0.133 e. The van der Waals surface area contributed by atoms with Crippen LogP contribution in [0.1, 0.15) is 20.3 Å². The summed E-state index contributed by atoms with van der Waals surface area (Å²) in [6.07, 6.45) is 2.22. The van der Waals surface area contributed by atoms with E-state index in [1.807, 2.05) is 0 Å². The summed E-state index contributed by atoms with van der Waals surface area (Å²) < 4.78 is 0. The third kappa shape index (κ3) is 3.39. The number of likely N-dealkylation sites (N-methyl/N-ethyl adjacent to an activating group) is 1. The average molecular weight is 198 g/mol. The van der Waals surface area contributed by atoms with Crippen molar-refractivity contribution in [3.8, 4) is 0 Å². The van der Waals surface area contributed by atoms with Gasteiger partial charge >= 0.3 is 0 Å². The Labute approximate surface area is 87.1 Å². The molecule has 1 aliphatic heterocycles. The van der Waals surface area contributed by atoms with Gasteiger partial charge in [-0.1, -0.05) is 13.8 Å². The van der Waals surface area contributed by atoms with Crippen molar-refractivity contribution >= 4 is 6.29 Å². The molecule has 1 unspecified atom stereocenters. The predicted molar refractivity (Wildman–Crippen MR) is 58.4 cm³/mol. The molecule has 1 fully saturated rings. The van der Waals surface area contributed by atoms with Crippen LogP contribution in [-0.4, -0.2) is 55.4 Å². The number of hydrogen-bond donors (Lipinski definition) is 0. The Morgan fingerprint density at radius 2 is 2.14 bits per heavy atom. The molecule has 3 nitrogen and oxygen atoms in total. The van der Waals surface area contributed by atoms with Crippen molar-refractivity contribution < 1.29 is 4.79 Å². The molecule has 1 saturated heterocycles. The molecule has 0 saturated carbocycles. The minimum Gasteiger partial charge on any atom is -0.304 e. The van der Waals surface area contributed by atoms with Crippen LogP contribution in [0.15, 0.2) is 0 Å². The highest BCUT2D eigenvalue weighted by molar-refractivity contribution is 5.52. The van der Waals surface area contributed by atoms with E-state index in [0.29, 0.717) is 18.5 Å². The van der Waals surface area contributed by atoms with Crippen LogP contribution in [0.5, 0.6) is 0 Å². The predicted octanol–water partition coefficient (Wildman–Crippen LogP) is 0.847. The molecule has 0 amide bonds. The molecule has 0 spiro atoms. The number of piperazine rings is 1. The smallest absolute Gasteiger partial charge is 0.133 e. The van der Waals surface area contributed by atoms with E-state index in [0.717, 1.165) is 25.9 Å². The number of hydrogen-bond acceptors (Lipinski definition) is 3. The molecule has 0 aromatic carbocycles. The number of carbonyl (C=O) groups is 1. The number of aldehydes is 1. The molecular formula is C11H22N2O. The van der Waals surface area contributed by atoms with Crippen LogP contribution in [0.2, 0.25) is 0 Å². The van der Waals surface area contributed by atoms with Gasteiger partial charge in [-0.2, -0.15) is 0 Å². The van der Waals surface area contributed by atoms with Crippen LogP contribution in [0.25, 0.3) is 0 Å². The summed E-state index contributed by atoms with van der Waals surface area (Å²) in [7, 11) is 2.16. The molecule has 0 bridgehead atoms. The van der Waals surface area contributed by atoms with Crippen molar-refractivity contribution in [3.05, 3.63) is 0 Å². The van der Waals surface area contributed by atoms with E-state index in [4.69, 9.17) is 0 Å². The molecule has 1 heterocycles. The van der Waals surface area contributed by atoms with Crippen LogP contribution >= 0.6 is 0 Å². The normalized spacial score (nSPS) is 25.6. The van der Waals surface area contributed by atoms with E-state index < -0.39 is 0 Å². The third-order valence-electron chi connectivity index (χ3n) is 2.86. The number of carbonyl (C=O) groups excluding carboxylic acids is 1. The number of rotatable bonds is 4. The first-order valence-electron chi connectivity index (χ1n) is 5.49. The number of nitrogens with zero attached hydrogens (tertiary/aromatic N) is 2. The van der Waals surface area contributed by atoms with Gasteiger partial charge in [-0.25, -0.2) is 0 Å². The van der Waals surface area contributed by atoms with Crippen molar-refractivity contribution in [2.75, 3.05) is 33.2 Å². The van der Waals surface area contributed by atoms with E-state index in [1.165, 1.54) is 6.42 Å². The van der Waals surface area contributed by atoms with Gasteiger partial charge in [0.05, 0.1) is 6.54 Å². The van der Waals surface area contributed by atoms with Gasteiger partial charge in [0.25, 0.3) is 0 Å². The Morgan fingerprint density at radius 1 is 1.43 bits per heavy atom. The second-order valence-corrected chi connectivity index (χ2v) is 4.71. The topological polar surface area (TPSA) is 23.6 Å². The Morgan fingerprint density at radius 3 is 2.71 bits per heavy atom.